The van der Waals surface area contributed by atoms with Crippen LogP contribution in [0.2, 0.25) is 0 Å². The number of thiophene rings is 1. The Morgan fingerprint density at radius 2 is 2.14 bits per heavy atom. The van der Waals surface area contributed by atoms with Crippen molar-refractivity contribution in [2.45, 2.75) is 26.6 Å². The summed E-state index contributed by atoms with van der Waals surface area (Å²) in [4.78, 5) is 11.4. The molecule has 0 aliphatic carbocycles. The van der Waals surface area contributed by atoms with Crippen LogP contribution >= 0.6 is 11.3 Å². The summed E-state index contributed by atoms with van der Waals surface area (Å²) < 4.78 is 25.3. The molecule has 0 radical (unpaired) electrons. The molecule has 1 heterocycles. The first-order valence-corrected chi connectivity index (χ1v) is 7.45. The molecule has 0 aliphatic heterocycles. The van der Waals surface area contributed by atoms with E-state index in [0.717, 1.165) is 11.3 Å². The molecule has 0 saturated heterocycles. The lowest BCUT2D eigenvalue weighted by Gasteiger charge is -2.08. The third kappa shape index (κ3) is 3.78. The number of carboxylic acid groups (broad SMARTS) is 1. The van der Waals surface area contributed by atoms with Crippen LogP contribution in [0.5, 0.6) is 0 Å². The number of benzene rings is 1. The van der Waals surface area contributed by atoms with E-state index in [2.05, 4.69) is 0 Å². The second kappa shape index (κ2) is 6.98. The van der Waals surface area contributed by atoms with Crippen molar-refractivity contribution in [2.75, 3.05) is 13.2 Å². The van der Waals surface area contributed by atoms with Gasteiger partial charge in [-0.15, -0.1) is 11.3 Å². The molecule has 114 valence electrons. The van der Waals surface area contributed by atoms with Crippen molar-refractivity contribution in [3.8, 4) is 0 Å². The topological polar surface area (TPSA) is 55.8 Å². The highest BCUT2D eigenvalue weighted by Gasteiger charge is 2.20. The molecule has 0 unspecified atom stereocenters. The van der Waals surface area contributed by atoms with Gasteiger partial charge in [-0.25, -0.2) is 9.18 Å². The van der Waals surface area contributed by atoms with Crippen LogP contribution in [0.3, 0.4) is 0 Å². The average molecular weight is 312 g/mol. The van der Waals surface area contributed by atoms with Crippen LogP contribution in [0.1, 0.15) is 29.1 Å². The molecule has 0 bridgehead atoms. The Labute approximate surface area is 126 Å². The van der Waals surface area contributed by atoms with Gasteiger partial charge in [0.15, 0.2) is 0 Å². The summed E-state index contributed by atoms with van der Waals surface area (Å²) >= 11 is 1.06. The van der Waals surface area contributed by atoms with Crippen LogP contribution in [0, 0.1) is 5.82 Å². The van der Waals surface area contributed by atoms with Crippen molar-refractivity contribution >= 4 is 27.4 Å². The summed E-state index contributed by atoms with van der Waals surface area (Å²) in [6, 6.07) is 4.61. The molecule has 1 aromatic heterocycles. The van der Waals surface area contributed by atoms with Crippen LogP contribution in [-0.2, 0) is 16.1 Å². The molecule has 0 fully saturated rings. The molecular formula is C15H17FO4S. The first-order chi connectivity index (χ1) is 10.0. The van der Waals surface area contributed by atoms with Gasteiger partial charge in [0, 0.05) is 15.6 Å². The van der Waals surface area contributed by atoms with Gasteiger partial charge < -0.3 is 14.6 Å². The lowest BCUT2D eigenvalue weighted by molar-refractivity contribution is 0.0143. The number of carboxylic acids is 1. The number of aromatic carboxylic acids is 1. The van der Waals surface area contributed by atoms with E-state index in [1.165, 1.54) is 6.07 Å². The highest BCUT2D eigenvalue weighted by atomic mass is 32.1. The van der Waals surface area contributed by atoms with Gasteiger partial charge in [0.05, 0.1) is 25.9 Å². The van der Waals surface area contributed by atoms with Crippen molar-refractivity contribution < 1.29 is 23.8 Å². The fourth-order valence-corrected chi connectivity index (χ4v) is 3.06. The smallest absolute Gasteiger partial charge is 0.346 e. The Morgan fingerprint density at radius 1 is 1.38 bits per heavy atom. The lowest BCUT2D eigenvalue weighted by atomic mass is 10.1. The zero-order valence-electron chi connectivity index (χ0n) is 11.9. The molecular weight excluding hydrogens is 295 g/mol. The van der Waals surface area contributed by atoms with Gasteiger partial charge in [-0.2, -0.15) is 0 Å². The van der Waals surface area contributed by atoms with Crippen LogP contribution in [0.15, 0.2) is 18.2 Å². The quantitative estimate of drug-likeness (QED) is 0.792. The summed E-state index contributed by atoms with van der Waals surface area (Å²) in [5.74, 6) is -1.49. The highest BCUT2D eigenvalue weighted by molar-refractivity contribution is 7.21. The SMILES string of the molecule is CC(C)OCCOCc1c(C(=O)O)sc2cccc(F)c12. The zero-order valence-corrected chi connectivity index (χ0v) is 12.7. The monoisotopic (exact) mass is 312 g/mol. The van der Waals surface area contributed by atoms with Crippen molar-refractivity contribution in [1.82, 2.24) is 0 Å². The summed E-state index contributed by atoms with van der Waals surface area (Å²) in [6.07, 6.45) is 0.114. The zero-order chi connectivity index (χ0) is 15.4. The van der Waals surface area contributed by atoms with Crippen molar-refractivity contribution in [3.63, 3.8) is 0 Å². The number of halogens is 1. The number of rotatable bonds is 7. The van der Waals surface area contributed by atoms with Gasteiger partial charge in [-0.3, -0.25) is 0 Å². The third-order valence-corrected chi connectivity index (χ3v) is 4.07. The fraction of sp³-hybridized carbons (Fsp3) is 0.400. The minimum Gasteiger partial charge on any atom is -0.477 e. The molecule has 21 heavy (non-hydrogen) atoms. The third-order valence-electron chi connectivity index (χ3n) is 2.88. The molecule has 6 heteroatoms. The second-order valence-corrected chi connectivity index (χ2v) is 5.85. The number of carbonyl (C=O) groups is 1. The first kappa shape index (κ1) is 15.9. The molecule has 0 amide bonds. The molecule has 4 nitrogen and oxygen atoms in total. The predicted octanol–water partition coefficient (Wildman–Crippen LogP) is 3.68. The molecule has 0 spiro atoms. The van der Waals surface area contributed by atoms with Gasteiger partial charge >= 0.3 is 5.97 Å². The molecule has 0 aliphatic rings. The number of ether oxygens (including phenoxy) is 2. The Hall–Kier alpha value is -1.50. The summed E-state index contributed by atoms with van der Waals surface area (Å²) in [5.41, 5.74) is 0.394. The van der Waals surface area contributed by atoms with Crippen LogP contribution in [0.4, 0.5) is 4.39 Å². The van der Waals surface area contributed by atoms with E-state index in [9.17, 15) is 14.3 Å². The number of hydrogen-bond acceptors (Lipinski definition) is 4. The average Bonchev–Trinajstić information content (AvgIpc) is 2.78. The summed E-state index contributed by atoms with van der Waals surface area (Å²) in [6.45, 7) is 4.66. The normalized spacial score (nSPS) is 11.4. The van der Waals surface area contributed by atoms with Gasteiger partial charge in [0.2, 0.25) is 0 Å². The van der Waals surface area contributed by atoms with E-state index in [-0.39, 0.29) is 17.6 Å². The Kier molecular flexibility index (Phi) is 5.27. The molecule has 0 atom stereocenters. The Morgan fingerprint density at radius 3 is 2.81 bits per heavy atom. The Bertz CT molecular complexity index is 636. The van der Waals surface area contributed by atoms with Crippen LogP contribution in [-0.4, -0.2) is 30.4 Å². The molecule has 1 aromatic carbocycles. The maximum atomic E-state index is 13.9. The molecule has 2 aromatic rings. The predicted molar refractivity (Wildman–Crippen MR) is 79.5 cm³/mol. The maximum Gasteiger partial charge on any atom is 0.346 e. The van der Waals surface area contributed by atoms with E-state index in [1.807, 2.05) is 13.8 Å². The van der Waals surface area contributed by atoms with Crippen LogP contribution < -0.4 is 0 Å². The lowest BCUT2D eigenvalue weighted by Crippen LogP contribution is -2.10. The van der Waals surface area contributed by atoms with Crippen molar-refractivity contribution in [3.05, 3.63) is 34.5 Å². The van der Waals surface area contributed by atoms with Gasteiger partial charge in [0.25, 0.3) is 0 Å². The van der Waals surface area contributed by atoms with Gasteiger partial charge in [0.1, 0.15) is 10.7 Å². The van der Waals surface area contributed by atoms with Crippen molar-refractivity contribution in [2.24, 2.45) is 0 Å². The standard InChI is InChI=1S/C15H17FO4S/c1-9(2)20-7-6-19-8-10-13-11(16)4-3-5-12(13)21-14(10)15(17)18/h3-5,9H,6-8H2,1-2H3,(H,17,18). The largest absolute Gasteiger partial charge is 0.477 e. The number of hydrogen-bond donors (Lipinski definition) is 1. The van der Waals surface area contributed by atoms with Crippen LogP contribution in [0.25, 0.3) is 10.1 Å². The molecule has 1 N–H and O–H groups in total. The second-order valence-electron chi connectivity index (χ2n) is 4.80. The summed E-state index contributed by atoms with van der Waals surface area (Å²) in [5, 5.41) is 9.58. The van der Waals surface area contributed by atoms with Gasteiger partial charge in [-0.05, 0) is 26.0 Å². The highest BCUT2D eigenvalue weighted by Crippen LogP contribution is 2.33. The van der Waals surface area contributed by atoms with E-state index in [4.69, 9.17) is 9.47 Å². The fourth-order valence-electron chi connectivity index (χ4n) is 1.99. The maximum absolute atomic E-state index is 13.9. The summed E-state index contributed by atoms with van der Waals surface area (Å²) in [7, 11) is 0. The van der Waals surface area contributed by atoms with E-state index < -0.39 is 11.8 Å². The van der Waals surface area contributed by atoms with Crippen molar-refractivity contribution in [1.29, 1.82) is 0 Å². The van der Waals surface area contributed by atoms with Gasteiger partial charge in [-0.1, -0.05) is 6.07 Å². The van der Waals surface area contributed by atoms with E-state index >= 15 is 0 Å². The number of fused-ring (bicyclic) bond motifs is 1. The minimum absolute atomic E-state index is 0.0595. The van der Waals surface area contributed by atoms with E-state index in [1.54, 1.807) is 12.1 Å². The Balaban J connectivity index is 2.17. The molecule has 0 saturated carbocycles. The van der Waals surface area contributed by atoms with E-state index in [0.29, 0.717) is 28.9 Å². The first-order valence-electron chi connectivity index (χ1n) is 6.63. The minimum atomic E-state index is -1.06. The molecule has 2 rings (SSSR count).